The molecule has 204 valence electrons. The molecule has 1 saturated heterocycles. The smallest absolute Gasteiger partial charge is 0.332 e. The van der Waals surface area contributed by atoms with Crippen molar-refractivity contribution in [3.05, 3.63) is 86.5 Å². The number of aromatic nitrogens is 3. The number of hydrogen-bond donors (Lipinski definition) is 1. The first kappa shape index (κ1) is 26.8. The van der Waals surface area contributed by atoms with E-state index < -0.39 is 5.82 Å². The molecule has 0 saturated carbocycles. The first-order chi connectivity index (χ1) is 18.5. The van der Waals surface area contributed by atoms with Crippen LogP contribution < -0.4 is 16.1 Å². The van der Waals surface area contributed by atoms with Crippen molar-refractivity contribution in [2.75, 3.05) is 31.1 Å². The lowest BCUT2D eigenvalue weighted by atomic mass is 9.97. The Morgan fingerprint density at radius 1 is 0.897 bits per heavy atom. The summed E-state index contributed by atoms with van der Waals surface area (Å²) < 4.78 is 19.4. The fourth-order valence-corrected chi connectivity index (χ4v) is 5.37. The van der Waals surface area contributed by atoms with E-state index >= 15 is 0 Å². The van der Waals surface area contributed by atoms with Crippen molar-refractivity contribution < 1.29 is 9.50 Å². The first-order valence-electron chi connectivity index (χ1n) is 12.8. The Morgan fingerprint density at radius 2 is 1.56 bits per heavy atom. The molecular formula is C29H31ClFN5O3. The normalized spacial score (nSPS) is 14.4. The van der Waals surface area contributed by atoms with E-state index in [1.807, 2.05) is 6.07 Å². The zero-order valence-corrected chi connectivity index (χ0v) is 23.1. The summed E-state index contributed by atoms with van der Waals surface area (Å²) in [6.45, 7) is 7.58. The van der Waals surface area contributed by atoms with E-state index in [0.29, 0.717) is 28.7 Å². The van der Waals surface area contributed by atoms with Crippen LogP contribution in [0, 0.1) is 5.82 Å². The van der Waals surface area contributed by atoms with Gasteiger partial charge in [0.15, 0.2) is 0 Å². The molecule has 39 heavy (non-hydrogen) atoms. The van der Waals surface area contributed by atoms with E-state index in [2.05, 4.69) is 23.6 Å². The number of nitrogens with zero attached hydrogens (tertiary/aromatic N) is 5. The highest BCUT2D eigenvalue weighted by Gasteiger charge is 2.23. The second-order valence-corrected chi connectivity index (χ2v) is 10.6. The molecule has 0 unspecified atom stereocenters. The number of anilines is 1. The molecule has 0 amide bonds. The Balaban J connectivity index is 1.55. The van der Waals surface area contributed by atoms with Crippen LogP contribution in [-0.2, 0) is 14.1 Å². The molecule has 0 radical (unpaired) electrons. The maximum Gasteiger partial charge on any atom is 0.332 e. The highest BCUT2D eigenvalue weighted by molar-refractivity contribution is 6.32. The van der Waals surface area contributed by atoms with Gasteiger partial charge in [0.2, 0.25) is 0 Å². The maximum absolute atomic E-state index is 14.9. The van der Waals surface area contributed by atoms with E-state index in [1.54, 1.807) is 49.3 Å². The van der Waals surface area contributed by atoms with Gasteiger partial charge in [-0.15, -0.1) is 0 Å². The fourth-order valence-electron chi connectivity index (χ4n) is 5.10. The molecule has 10 heteroatoms. The van der Waals surface area contributed by atoms with Gasteiger partial charge in [-0.05, 0) is 55.3 Å². The summed E-state index contributed by atoms with van der Waals surface area (Å²) >= 11 is 6.52. The Morgan fingerprint density at radius 3 is 2.15 bits per heavy atom. The summed E-state index contributed by atoms with van der Waals surface area (Å²) in [5, 5.41) is 11.6. The Kier molecular flexibility index (Phi) is 7.13. The summed E-state index contributed by atoms with van der Waals surface area (Å²) in [5.41, 5.74) is 1.30. The van der Waals surface area contributed by atoms with E-state index in [1.165, 1.54) is 27.3 Å². The van der Waals surface area contributed by atoms with E-state index in [4.69, 9.17) is 11.6 Å². The second-order valence-electron chi connectivity index (χ2n) is 10.2. The molecule has 0 aliphatic carbocycles. The zero-order valence-electron chi connectivity index (χ0n) is 22.4. The fraction of sp³-hybridized carbons (Fsp3) is 0.310. The van der Waals surface area contributed by atoms with Crippen molar-refractivity contribution in [1.82, 2.24) is 18.6 Å². The molecule has 0 bridgehead atoms. The molecular weight excluding hydrogens is 521 g/mol. The summed E-state index contributed by atoms with van der Waals surface area (Å²) in [6, 6.07) is 11.0. The quantitative estimate of drug-likeness (QED) is 0.402. The van der Waals surface area contributed by atoms with E-state index in [9.17, 15) is 19.1 Å². The number of halogens is 2. The monoisotopic (exact) mass is 551 g/mol. The third-order valence-electron chi connectivity index (χ3n) is 7.46. The number of pyridine rings is 1. The zero-order chi connectivity index (χ0) is 28.0. The highest BCUT2D eigenvalue weighted by Crippen LogP contribution is 2.40. The minimum Gasteiger partial charge on any atom is -0.507 e. The van der Waals surface area contributed by atoms with Crippen LogP contribution in [0.15, 0.2) is 64.4 Å². The molecule has 1 fully saturated rings. The number of hydrogen-bond acceptors (Lipinski definition) is 5. The Hall–Kier alpha value is -3.82. The van der Waals surface area contributed by atoms with Gasteiger partial charge < -0.3 is 14.6 Å². The van der Waals surface area contributed by atoms with Crippen molar-refractivity contribution in [2.45, 2.75) is 19.9 Å². The SMILES string of the molecule is CC(C)N1CCN(c2cc(-c3cc(F)cc(-c4ccc(-n5ccn(C)c5=O)c(Cl)c4)c3O)cc(=O)n2C)CC1. The summed E-state index contributed by atoms with van der Waals surface area (Å²) in [4.78, 5) is 29.8. The number of phenolic OH excluding ortho intramolecular Hbond substituents is 1. The highest BCUT2D eigenvalue weighted by atomic mass is 35.5. The third kappa shape index (κ3) is 4.99. The van der Waals surface area contributed by atoms with Crippen LogP contribution in [0.1, 0.15) is 13.8 Å². The number of imidazole rings is 1. The van der Waals surface area contributed by atoms with Crippen LogP contribution in [0.25, 0.3) is 27.9 Å². The molecule has 5 rings (SSSR count). The van der Waals surface area contributed by atoms with Crippen LogP contribution in [0.2, 0.25) is 5.02 Å². The maximum atomic E-state index is 14.9. The largest absolute Gasteiger partial charge is 0.507 e. The molecule has 2 aromatic heterocycles. The third-order valence-corrected chi connectivity index (χ3v) is 7.76. The summed E-state index contributed by atoms with van der Waals surface area (Å²) in [7, 11) is 3.36. The number of rotatable bonds is 5. The lowest BCUT2D eigenvalue weighted by Gasteiger charge is -2.38. The van der Waals surface area contributed by atoms with Crippen LogP contribution in [-0.4, -0.2) is 55.9 Å². The Labute approximate surface area is 230 Å². The average molecular weight is 552 g/mol. The second kappa shape index (κ2) is 10.4. The lowest BCUT2D eigenvalue weighted by Crippen LogP contribution is -2.49. The van der Waals surface area contributed by atoms with Crippen LogP contribution in [0.4, 0.5) is 10.2 Å². The van der Waals surface area contributed by atoms with Crippen LogP contribution in [0.3, 0.4) is 0 Å². The van der Waals surface area contributed by atoms with Crippen molar-refractivity contribution in [1.29, 1.82) is 0 Å². The predicted molar refractivity (Wildman–Crippen MR) is 153 cm³/mol. The summed E-state index contributed by atoms with van der Waals surface area (Å²) in [5.74, 6) is -0.0159. The molecule has 0 atom stereocenters. The van der Waals surface area contributed by atoms with Crippen LogP contribution in [0.5, 0.6) is 5.75 Å². The van der Waals surface area contributed by atoms with E-state index in [-0.39, 0.29) is 33.1 Å². The van der Waals surface area contributed by atoms with Gasteiger partial charge in [-0.25, -0.2) is 9.18 Å². The minimum absolute atomic E-state index is 0.166. The van der Waals surface area contributed by atoms with E-state index in [0.717, 1.165) is 26.2 Å². The van der Waals surface area contributed by atoms with Crippen molar-refractivity contribution in [2.24, 2.45) is 14.1 Å². The van der Waals surface area contributed by atoms with Crippen molar-refractivity contribution in [3.8, 4) is 33.7 Å². The van der Waals surface area contributed by atoms with Gasteiger partial charge in [0.1, 0.15) is 17.4 Å². The molecule has 1 N–H and O–H groups in total. The van der Waals surface area contributed by atoms with Gasteiger partial charge in [-0.1, -0.05) is 17.7 Å². The number of piperazine rings is 1. The number of benzene rings is 2. The topological polar surface area (TPSA) is 75.6 Å². The molecule has 1 aliphatic heterocycles. The molecule has 8 nitrogen and oxygen atoms in total. The minimum atomic E-state index is -0.565. The number of phenols is 1. The lowest BCUT2D eigenvalue weighted by molar-refractivity contribution is 0.208. The first-order valence-corrected chi connectivity index (χ1v) is 13.2. The van der Waals surface area contributed by atoms with Crippen molar-refractivity contribution >= 4 is 17.4 Å². The standard InChI is InChI=1S/C29H31ClFN5O3/c1-18(2)34-8-10-35(11-9-34)26-14-20(15-27(37)33(26)4)23-17-21(31)16-22(28(23)38)19-5-6-25(24(30)13-19)36-12-7-32(3)29(36)39/h5-7,12-18,38H,8-11H2,1-4H3. The molecule has 1 aliphatic rings. The molecule has 2 aromatic carbocycles. The number of aromatic hydroxyl groups is 1. The predicted octanol–water partition coefficient (Wildman–Crippen LogP) is 4.24. The molecule has 0 spiro atoms. The van der Waals surface area contributed by atoms with Crippen molar-refractivity contribution in [3.63, 3.8) is 0 Å². The van der Waals surface area contributed by atoms with Crippen LogP contribution >= 0.6 is 11.6 Å². The summed E-state index contributed by atoms with van der Waals surface area (Å²) in [6.07, 6.45) is 3.23. The van der Waals surface area contributed by atoms with Gasteiger partial charge in [-0.2, -0.15) is 0 Å². The van der Waals surface area contributed by atoms with Gasteiger partial charge in [-0.3, -0.25) is 18.8 Å². The van der Waals surface area contributed by atoms with Gasteiger partial charge >= 0.3 is 5.69 Å². The molecule has 4 aromatic rings. The molecule has 3 heterocycles. The van der Waals surface area contributed by atoms with Gasteiger partial charge in [0, 0.05) is 75.9 Å². The average Bonchev–Trinajstić information content (AvgIpc) is 3.24. The van der Waals surface area contributed by atoms with Gasteiger partial charge in [0.25, 0.3) is 5.56 Å². The van der Waals surface area contributed by atoms with Gasteiger partial charge in [0.05, 0.1) is 10.7 Å². The number of aryl methyl sites for hydroxylation is 1. The Bertz CT molecular complexity index is 1660.